The Hall–Kier alpha value is -2.34. The van der Waals surface area contributed by atoms with Gasteiger partial charge in [-0.15, -0.1) is 0 Å². The fourth-order valence-corrected chi connectivity index (χ4v) is 1.86. The van der Waals surface area contributed by atoms with E-state index in [1.165, 1.54) is 0 Å². The summed E-state index contributed by atoms with van der Waals surface area (Å²) in [6.07, 6.45) is 0. The average Bonchev–Trinajstić information content (AvgIpc) is 2.46. The highest BCUT2D eigenvalue weighted by molar-refractivity contribution is 5.70. The molecule has 2 aromatic rings. The predicted molar refractivity (Wildman–Crippen MR) is 75.7 cm³/mol. The van der Waals surface area contributed by atoms with Crippen LogP contribution in [0, 0.1) is 0 Å². The molecule has 1 aromatic heterocycles. The van der Waals surface area contributed by atoms with Gasteiger partial charge in [-0.05, 0) is 12.1 Å². The number of hydrogen-bond donors (Lipinski definition) is 1. The van der Waals surface area contributed by atoms with E-state index in [9.17, 15) is 0 Å². The van der Waals surface area contributed by atoms with Crippen molar-refractivity contribution < 1.29 is 14.2 Å². The van der Waals surface area contributed by atoms with Gasteiger partial charge in [0.1, 0.15) is 23.9 Å². The number of methoxy groups -OCH3 is 3. The third-order valence-corrected chi connectivity index (χ3v) is 2.75. The highest BCUT2D eigenvalue weighted by Gasteiger charge is 2.11. The quantitative estimate of drug-likeness (QED) is 0.897. The van der Waals surface area contributed by atoms with Gasteiger partial charge < -0.3 is 19.9 Å². The number of ether oxygens (including phenoxy) is 3. The summed E-state index contributed by atoms with van der Waals surface area (Å²) in [5.74, 6) is 2.29. The van der Waals surface area contributed by atoms with Crippen LogP contribution in [-0.4, -0.2) is 31.3 Å². The van der Waals surface area contributed by atoms with E-state index < -0.39 is 0 Å². The molecule has 0 saturated carbocycles. The van der Waals surface area contributed by atoms with Crippen molar-refractivity contribution in [2.75, 3.05) is 27.1 Å². The number of rotatable bonds is 5. The molecule has 0 amide bonds. The van der Waals surface area contributed by atoms with Crippen LogP contribution in [0.15, 0.2) is 24.3 Å². The molecule has 0 aliphatic rings. The minimum Gasteiger partial charge on any atom is -0.497 e. The summed E-state index contributed by atoms with van der Waals surface area (Å²) in [7, 11) is 4.78. The van der Waals surface area contributed by atoms with Gasteiger partial charge in [0.15, 0.2) is 5.82 Å². The molecule has 0 aliphatic heterocycles. The van der Waals surface area contributed by atoms with Crippen LogP contribution in [0.4, 0.5) is 5.82 Å². The number of nitrogens with zero attached hydrogens (tertiary/aromatic N) is 2. The van der Waals surface area contributed by atoms with Crippen molar-refractivity contribution in [2.24, 2.45) is 0 Å². The van der Waals surface area contributed by atoms with Crippen LogP contribution >= 0.6 is 0 Å². The zero-order chi connectivity index (χ0) is 14.5. The van der Waals surface area contributed by atoms with E-state index in [0.29, 0.717) is 35.4 Å². The van der Waals surface area contributed by atoms with Crippen LogP contribution in [0.3, 0.4) is 0 Å². The van der Waals surface area contributed by atoms with Gasteiger partial charge in [0, 0.05) is 24.8 Å². The second-order valence-corrected chi connectivity index (χ2v) is 4.09. The van der Waals surface area contributed by atoms with Crippen LogP contribution < -0.4 is 15.2 Å². The standard InChI is InChI=1S/C14H17N3O3/c1-18-8-14-16-11(7-13(15)17-14)10-5-4-9(19-2)6-12(10)20-3/h4-7H,8H2,1-3H3,(H2,15,16,17). The maximum Gasteiger partial charge on any atom is 0.157 e. The van der Waals surface area contributed by atoms with Crippen molar-refractivity contribution in [3.05, 3.63) is 30.1 Å². The minimum absolute atomic E-state index is 0.302. The maximum atomic E-state index is 5.80. The molecule has 0 bridgehead atoms. The molecule has 6 nitrogen and oxygen atoms in total. The molecule has 0 spiro atoms. The van der Waals surface area contributed by atoms with Crippen molar-refractivity contribution in [1.82, 2.24) is 9.97 Å². The van der Waals surface area contributed by atoms with E-state index in [4.69, 9.17) is 19.9 Å². The lowest BCUT2D eigenvalue weighted by Gasteiger charge is -2.11. The molecule has 0 radical (unpaired) electrons. The largest absolute Gasteiger partial charge is 0.497 e. The monoisotopic (exact) mass is 275 g/mol. The molecule has 0 atom stereocenters. The molecule has 1 aromatic carbocycles. The van der Waals surface area contributed by atoms with Gasteiger partial charge in [-0.3, -0.25) is 0 Å². The predicted octanol–water partition coefficient (Wildman–Crippen LogP) is 1.89. The number of hydrogen-bond acceptors (Lipinski definition) is 6. The molecular weight excluding hydrogens is 258 g/mol. The fourth-order valence-electron chi connectivity index (χ4n) is 1.86. The molecule has 0 unspecified atom stereocenters. The molecule has 0 aliphatic carbocycles. The average molecular weight is 275 g/mol. The third kappa shape index (κ3) is 2.97. The van der Waals surface area contributed by atoms with E-state index in [1.54, 1.807) is 33.5 Å². The Kier molecular flexibility index (Phi) is 4.37. The number of nitrogen functional groups attached to an aromatic ring is 1. The fraction of sp³-hybridized carbons (Fsp3) is 0.286. The number of anilines is 1. The lowest BCUT2D eigenvalue weighted by molar-refractivity contribution is 0.178. The van der Waals surface area contributed by atoms with Crippen molar-refractivity contribution in [3.8, 4) is 22.8 Å². The smallest absolute Gasteiger partial charge is 0.157 e. The summed E-state index contributed by atoms with van der Waals surface area (Å²) in [6.45, 7) is 0.302. The zero-order valence-corrected chi connectivity index (χ0v) is 11.7. The first-order valence-corrected chi connectivity index (χ1v) is 6.02. The van der Waals surface area contributed by atoms with Gasteiger partial charge >= 0.3 is 0 Å². The summed E-state index contributed by atoms with van der Waals surface area (Å²) in [5, 5.41) is 0. The van der Waals surface area contributed by atoms with Gasteiger partial charge in [0.05, 0.1) is 19.9 Å². The maximum absolute atomic E-state index is 5.80. The van der Waals surface area contributed by atoms with Crippen LogP contribution in [0.2, 0.25) is 0 Å². The van der Waals surface area contributed by atoms with E-state index in [0.717, 1.165) is 5.56 Å². The lowest BCUT2D eigenvalue weighted by Crippen LogP contribution is -2.03. The van der Waals surface area contributed by atoms with Crippen LogP contribution in [0.25, 0.3) is 11.3 Å². The summed E-state index contributed by atoms with van der Waals surface area (Å²) >= 11 is 0. The van der Waals surface area contributed by atoms with Gasteiger partial charge in [-0.2, -0.15) is 0 Å². The van der Waals surface area contributed by atoms with E-state index in [-0.39, 0.29) is 0 Å². The molecule has 0 fully saturated rings. The van der Waals surface area contributed by atoms with Crippen molar-refractivity contribution in [2.45, 2.75) is 6.61 Å². The lowest BCUT2D eigenvalue weighted by atomic mass is 10.1. The van der Waals surface area contributed by atoms with Crippen molar-refractivity contribution in [3.63, 3.8) is 0 Å². The Morgan fingerprint density at radius 2 is 1.85 bits per heavy atom. The highest BCUT2D eigenvalue weighted by Crippen LogP contribution is 2.32. The van der Waals surface area contributed by atoms with Gasteiger partial charge in [0.25, 0.3) is 0 Å². The Morgan fingerprint density at radius 3 is 2.50 bits per heavy atom. The van der Waals surface area contributed by atoms with Gasteiger partial charge in [-0.25, -0.2) is 9.97 Å². The number of aromatic nitrogens is 2. The first-order chi connectivity index (χ1) is 9.67. The second-order valence-electron chi connectivity index (χ2n) is 4.09. The summed E-state index contributed by atoms with van der Waals surface area (Å²) in [6, 6.07) is 7.20. The summed E-state index contributed by atoms with van der Waals surface area (Å²) in [5.41, 5.74) is 7.31. The van der Waals surface area contributed by atoms with E-state index >= 15 is 0 Å². The summed E-state index contributed by atoms with van der Waals surface area (Å²) in [4.78, 5) is 8.54. The normalized spacial score (nSPS) is 10.3. The van der Waals surface area contributed by atoms with E-state index in [1.807, 2.05) is 12.1 Å². The molecule has 2 rings (SSSR count). The molecule has 106 valence electrons. The van der Waals surface area contributed by atoms with E-state index in [2.05, 4.69) is 9.97 Å². The van der Waals surface area contributed by atoms with Crippen LogP contribution in [-0.2, 0) is 11.3 Å². The Bertz CT molecular complexity index is 602. The Labute approximate surface area is 117 Å². The molecule has 1 heterocycles. The molecular formula is C14H17N3O3. The molecule has 20 heavy (non-hydrogen) atoms. The Morgan fingerprint density at radius 1 is 1.05 bits per heavy atom. The summed E-state index contributed by atoms with van der Waals surface area (Å²) < 4.78 is 15.6. The van der Waals surface area contributed by atoms with Crippen molar-refractivity contribution >= 4 is 5.82 Å². The third-order valence-electron chi connectivity index (χ3n) is 2.75. The first kappa shape index (κ1) is 14.1. The van der Waals surface area contributed by atoms with Crippen LogP contribution in [0.5, 0.6) is 11.5 Å². The molecule has 2 N–H and O–H groups in total. The number of nitrogens with two attached hydrogens (primary N) is 1. The molecule has 0 saturated heterocycles. The zero-order valence-electron chi connectivity index (χ0n) is 11.7. The second kappa shape index (κ2) is 6.21. The number of benzene rings is 1. The van der Waals surface area contributed by atoms with Crippen LogP contribution in [0.1, 0.15) is 5.82 Å². The van der Waals surface area contributed by atoms with Gasteiger partial charge in [-0.1, -0.05) is 0 Å². The first-order valence-electron chi connectivity index (χ1n) is 6.02. The molecule has 6 heteroatoms. The van der Waals surface area contributed by atoms with Crippen molar-refractivity contribution in [1.29, 1.82) is 0 Å². The highest BCUT2D eigenvalue weighted by atomic mass is 16.5. The van der Waals surface area contributed by atoms with Gasteiger partial charge in [0.2, 0.25) is 0 Å². The minimum atomic E-state index is 0.302. The topological polar surface area (TPSA) is 79.5 Å². The SMILES string of the molecule is COCc1nc(N)cc(-c2ccc(OC)cc2OC)n1. The Balaban J connectivity index is 2.50.